The van der Waals surface area contributed by atoms with Gasteiger partial charge in [-0.05, 0) is 35.7 Å². The highest BCUT2D eigenvalue weighted by Crippen LogP contribution is 2.24. The molecule has 0 aliphatic carbocycles. The Morgan fingerprint density at radius 2 is 2.04 bits per heavy atom. The summed E-state index contributed by atoms with van der Waals surface area (Å²) in [6, 6.07) is 16.1. The molecule has 2 atom stereocenters. The van der Waals surface area contributed by atoms with E-state index in [0.717, 1.165) is 40.9 Å². The van der Waals surface area contributed by atoms with Crippen LogP contribution in [0.3, 0.4) is 0 Å². The maximum Gasteiger partial charge on any atom is 0.122 e. The number of ether oxygens (including phenoxy) is 2. The van der Waals surface area contributed by atoms with Gasteiger partial charge in [-0.15, -0.1) is 6.58 Å². The third-order valence-corrected chi connectivity index (χ3v) is 5.16. The Kier molecular flexibility index (Phi) is 7.47. The fourth-order valence-corrected chi connectivity index (χ4v) is 3.52. The van der Waals surface area contributed by atoms with Crippen LogP contribution in [0.15, 0.2) is 65.7 Å². The number of halogens is 1. The van der Waals surface area contributed by atoms with Crippen molar-refractivity contribution in [1.29, 1.82) is 0 Å². The summed E-state index contributed by atoms with van der Waals surface area (Å²) in [6.45, 7) is 6.87. The zero-order valence-electron chi connectivity index (χ0n) is 15.4. The van der Waals surface area contributed by atoms with Crippen molar-refractivity contribution in [3.8, 4) is 5.75 Å². The Morgan fingerprint density at radius 1 is 1.26 bits per heavy atom. The second-order valence-corrected chi connectivity index (χ2v) is 7.65. The second-order valence-electron chi connectivity index (χ2n) is 6.74. The van der Waals surface area contributed by atoms with Crippen LogP contribution in [0.2, 0.25) is 0 Å². The minimum Gasteiger partial charge on any atom is -0.491 e. The van der Waals surface area contributed by atoms with Gasteiger partial charge in [0.2, 0.25) is 0 Å². The average molecular weight is 432 g/mol. The first-order valence-corrected chi connectivity index (χ1v) is 10.0. The summed E-state index contributed by atoms with van der Waals surface area (Å²) < 4.78 is 12.8. The summed E-state index contributed by atoms with van der Waals surface area (Å²) in [5.74, 6) is 0.811. The zero-order chi connectivity index (χ0) is 19.1. The Labute approximate surface area is 169 Å². The second kappa shape index (κ2) is 10.0. The number of aliphatic hydroxyl groups is 1. The monoisotopic (exact) mass is 431 g/mol. The number of allylic oxidation sites excluding steroid dienone is 1. The van der Waals surface area contributed by atoms with Gasteiger partial charge in [0.15, 0.2) is 0 Å². The van der Waals surface area contributed by atoms with Crippen LogP contribution in [0.5, 0.6) is 5.75 Å². The van der Waals surface area contributed by atoms with Crippen molar-refractivity contribution in [2.75, 3.05) is 32.8 Å². The molecule has 27 heavy (non-hydrogen) atoms. The van der Waals surface area contributed by atoms with Crippen LogP contribution >= 0.6 is 15.9 Å². The number of benzene rings is 2. The third kappa shape index (κ3) is 5.91. The van der Waals surface area contributed by atoms with E-state index in [2.05, 4.69) is 39.5 Å². The van der Waals surface area contributed by atoms with E-state index in [4.69, 9.17) is 9.47 Å². The lowest BCUT2D eigenvalue weighted by Crippen LogP contribution is -2.43. The Hall–Kier alpha value is -1.66. The molecule has 0 radical (unpaired) electrons. The summed E-state index contributed by atoms with van der Waals surface area (Å²) in [4.78, 5) is 2.24. The molecular formula is C22H26BrNO3. The third-order valence-electron chi connectivity index (χ3n) is 4.63. The fourth-order valence-electron chi connectivity index (χ4n) is 3.25. The minimum atomic E-state index is -0.551. The molecule has 1 aliphatic heterocycles. The smallest absolute Gasteiger partial charge is 0.122 e. The number of β-amino-alcohol motifs (C(OH)–C–C–N with tert-alkyl or cyclic N) is 1. The molecule has 1 aliphatic rings. The van der Waals surface area contributed by atoms with E-state index in [9.17, 15) is 5.11 Å². The van der Waals surface area contributed by atoms with Crippen molar-refractivity contribution in [2.24, 2.45) is 0 Å². The van der Waals surface area contributed by atoms with Gasteiger partial charge in [-0.3, -0.25) is 4.90 Å². The highest BCUT2D eigenvalue weighted by molar-refractivity contribution is 9.10. The molecular weight excluding hydrogens is 406 g/mol. The molecule has 5 heteroatoms. The molecule has 1 fully saturated rings. The lowest BCUT2D eigenvalue weighted by Gasteiger charge is -2.34. The van der Waals surface area contributed by atoms with Crippen LogP contribution < -0.4 is 4.74 Å². The molecule has 0 bridgehead atoms. The van der Waals surface area contributed by atoms with Gasteiger partial charge in [-0.2, -0.15) is 0 Å². The quantitative estimate of drug-likeness (QED) is 0.641. The van der Waals surface area contributed by atoms with Gasteiger partial charge in [0.05, 0.1) is 12.7 Å². The first-order chi connectivity index (χ1) is 13.2. The van der Waals surface area contributed by atoms with Crippen molar-refractivity contribution in [1.82, 2.24) is 4.90 Å². The first-order valence-electron chi connectivity index (χ1n) is 9.25. The summed E-state index contributed by atoms with van der Waals surface area (Å²) in [5, 5.41) is 10.4. The predicted molar refractivity (Wildman–Crippen MR) is 111 cm³/mol. The molecule has 144 valence electrons. The van der Waals surface area contributed by atoms with E-state index in [0.29, 0.717) is 13.2 Å². The number of nitrogens with zero attached hydrogens (tertiary/aromatic N) is 1. The van der Waals surface area contributed by atoms with Gasteiger partial charge >= 0.3 is 0 Å². The van der Waals surface area contributed by atoms with Crippen LogP contribution in [-0.2, 0) is 11.2 Å². The lowest BCUT2D eigenvalue weighted by atomic mass is 10.1. The molecule has 0 aromatic heterocycles. The van der Waals surface area contributed by atoms with Crippen molar-refractivity contribution >= 4 is 15.9 Å². The maximum absolute atomic E-state index is 10.4. The number of para-hydroxylation sites is 1. The average Bonchev–Trinajstić information content (AvgIpc) is 2.68. The van der Waals surface area contributed by atoms with Gasteiger partial charge < -0.3 is 14.6 Å². The number of rotatable bonds is 8. The Morgan fingerprint density at radius 3 is 2.81 bits per heavy atom. The standard InChI is InChI=1S/C22H26BrNO3/c1-2-5-17-6-3-4-7-21(17)27-16-20(25)14-24-12-13-26-22(15-24)18-8-10-19(23)11-9-18/h2-4,6-11,20,22,25H,1,5,12-16H2. The van der Waals surface area contributed by atoms with E-state index in [1.807, 2.05) is 42.5 Å². The summed E-state index contributed by atoms with van der Waals surface area (Å²) >= 11 is 3.46. The highest BCUT2D eigenvalue weighted by Gasteiger charge is 2.23. The number of aliphatic hydroxyl groups excluding tert-OH is 1. The van der Waals surface area contributed by atoms with Crippen molar-refractivity contribution in [3.05, 3.63) is 76.8 Å². The van der Waals surface area contributed by atoms with Gasteiger partial charge in [-0.25, -0.2) is 0 Å². The van der Waals surface area contributed by atoms with Gasteiger partial charge in [0.25, 0.3) is 0 Å². The summed E-state index contributed by atoms with van der Waals surface area (Å²) in [5.41, 5.74) is 2.24. The van der Waals surface area contributed by atoms with E-state index in [1.165, 1.54) is 0 Å². The minimum absolute atomic E-state index is 0.0354. The van der Waals surface area contributed by atoms with Crippen molar-refractivity contribution in [2.45, 2.75) is 18.6 Å². The van der Waals surface area contributed by atoms with E-state index in [1.54, 1.807) is 0 Å². The molecule has 0 saturated carbocycles. The Bertz CT molecular complexity index is 735. The molecule has 1 N–H and O–H groups in total. The normalized spacial score (nSPS) is 18.8. The predicted octanol–water partition coefficient (Wildman–Crippen LogP) is 3.99. The largest absolute Gasteiger partial charge is 0.491 e. The van der Waals surface area contributed by atoms with E-state index in [-0.39, 0.29) is 12.7 Å². The molecule has 4 nitrogen and oxygen atoms in total. The number of morpholine rings is 1. The van der Waals surface area contributed by atoms with Crippen LogP contribution in [-0.4, -0.2) is 49.0 Å². The summed E-state index contributed by atoms with van der Waals surface area (Å²) in [6.07, 6.45) is 2.10. The van der Waals surface area contributed by atoms with Crippen molar-refractivity contribution < 1.29 is 14.6 Å². The summed E-state index contributed by atoms with van der Waals surface area (Å²) in [7, 11) is 0. The molecule has 2 aromatic rings. The number of hydrogen-bond acceptors (Lipinski definition) is 4. The van der Waals surface area contributed by atoms with E-state index >= 15 is 0 Å². The van der Waals surface area contributed by atoms with Gasteiger partial charge in [0.1, 0.15) is 18.5 Å². The molecule has 0 spiro atoms. The Balaban J connectivity index is 1.51. The molecule has 2 aromatic carbocycles. The molecule has 0 amide bonds. The van der Waals surface area contributed by atoms with Gasteiger partial charge in [0, 0.05) is 24.1 Å². The van der Waals surface area contributed by atoms with Crippen LogP contribution in [0.25, 0.3) is 0 Å². The van der Waals surface area contributed by atoms with Gasteiger partial charge in [-0.1, -0.05) is 52.3 Å². The van der Waals surface area contributed by atoms with Crippen LogP contribution in [0.1, 0.15) is 17.2 Å². The molecule has 2 unspecified atom stereocenters. The molecule has 3 rings (SSSR count). The first kappa shape index (κ1) is 20.1. The fraction of sp³-hybridized carbons (Fsp3) is 0.364. The zero-order valence-corrected chi connectivity index (χ0v) is 17.0. The van der Waals surface area contributed by atoms with Crippen LogP contribution in [0, 0.1) is 0 Å². The molecule has 1 saturated heterocycles. The topological polar surface area (TPSA) is 41.9 Å². The maximum atomic E-state index is 10.4. The highest BCUT2D eigenvalue weighted by atomic mass is 79.9. The van der Waals surface area contributed by atoms with Crippen molar-refractivity contribution in [3.63, 3.8) is 0 Å². The van der Waals surface area contributed by atoms with Crippen LogP contribution in [0.4, 0.5) is 0 Å². The lowest BCUT2D eigenvalue weighted by molar-refractivity contribution is -0.0459. The SMILES string of the molecule is C=CCc1ccccc1OCC(O)CN1CCOC(c2ccc(Br)cc2)C1. The van der Waals surface area contributed by atoms with E-state index < -0.39 is 6.10 Å². The number of hydrogen-bond donors (Lipinski definition) is 1. The molecule has 1 heterocycles.